The summed E-state index contributed by atoms with van der Waals surface area (Å²) in [5.74, 6) is 0.869. The zero-order valence-electron chi connectivity index (χ0n) is 9.90. The van der Waals surface area contributed by atoms with Gasteiger partial charge in [-0.3, -0.25) is 4.99 Å². The number of methoxy groups -OCH3 is 1. The molecule has 0 saturated carbocycles. The maximum Gasteiger partial charge on any atom is 0.191 e. The summed E-state index contributed by atoms with van der Waals surface area (Å²) in [5, 5.41) is 9.52. The molecule has 1 aromatic heterocycles. The van der Waals surface area contributed by atoms with Gasteiger partial charge in [-0.1, -0.05) is 0 Å². The number of hydrogen-bond donors (Lipinski definition) is 2. The average molecular weight is 368 g/mol. The van der Waals surface area contributed by atoms with Crippen LogP contribution < -0.4 is 10.6 Å². The molecule has 0 aromatic carbocycles. The van der Waals surface area contributed by atoms with Crippen molar-refractivity contribution in [1.29, 1.82) is 0 Å². The second kappa shape index (κ2) is 7.12. The van der Waals surface area contributed by atoms with Crippen molar-refractivity contribution in [3.8, 4) is 0 Å². The summed E-state index contributed by atoms with van der Waals surface area (Å²) in [6.07, 6.45) is 0. The minimum Gasteiger partial charge on any atom is -0.378 e. The number of hydrogen-bond acceptors (Lipinski definition) is 6. The molecule has 1 unspecified atom stereocenters. The molecule has 96 valence electrons. The van der Waals surface area contributed by atoms with Gasteiger partial charge in [-0.2, -0.15) is 0 Å². The standard InChI is InChI=1S/C10H16N4OS.HI/c1-7-3-11-10(13-7)12-4-8-6-16-9(14-8)5-15-2;/h6-7H,3-5H2,1-2H3,(H2,11,12,13);1H. The number of rotatable bonds is 4. The number of guanidine groups is 1. The topological polar surface area (TPSA) is 58.5 Å². The lowest BCUT2D eigenvalue weighted by molar-refractivity contribution is 0.184. The zero-order chi connectivity index (χ0) is 11.4. The Morgan fingerprint density at radius 2 is 2.47 bits per heavy atom. The monoisotopic (exact) mass is 368 g/mol. The molecule has 0 bridgehead atoms. The van der Waals surface area contributed by atoms with E-state index < -0.39 is 0 Å². The van der Waals surface area contributed by atoms with Gasteiger partial charge in [0.15, 0.2) is 5.96 Å². The van der Waals surface area contributed by atoms with Gasteiger partial charge in [-0.25, -0.2) is 4.98 Å². The van der Waals surface area contributed by atoms with Crippen molar-refractivity contribution in [3.05, 3.63) is 16.1 Å². The van der Waals surface area contributed by atoms with Crippen LogP contribution in [0.15, 0.2) is 10.4 Å². The number of ether oxygens (including phenoxy) is 1. The molecule has 1 aliphatic heterocycles. The Morgan fingerprint density at radius 1 is 1.65 bits per heavy atom. The van der Waals surface area contributed by atoms with Gasteiger partial charge in [0.25, 0.3) is 0 Å². The van der Waals surface area contributed by atoms with Crippen LogP contribution in [0.25, 0.3) is 0 Å². The smallest absolute Gasteiger partial charge is 0.191 e. The molecule has 5 nitrogen and oxygen atoms in total. The first-order valence-corrected chi connectivity index (χ1v) is 6.13. The van der Waals surface area contributed by atoms with Gasteiger partial charge in [0.1, 0.15) is 5.01 Å². The molecule has 0 spiro atoms. The van der Waals surface area contributed by atoms with Gasteiger partial charge in [-0.05, 0) is 6.92 Å². The van der Waals surface area contributed by atoms with Gasteiger partial charge in [0, 0.05) is 18.5 Å². The van der Waals surface area contributed by atoms with Crippen molar-refractivity contribution in [2.45, 2.75) is 26.1 Å². The van der Waals surface area contributed by atoms with Crippen LogP contribution in [0.4, 0.5) is 0 Å². The third-order valence-electron chi connectivity index (χ3n) is 2.21. The van der Waals surface area contributed by atoms with E-state index >= 15 is 0 Å². The number of nitrogens with zero attached hydrogens (tertiary/aromatic N) is 2. The Morgan fingerprint density at radius 3 is 3.12 bits per heavy atom. The molecule has 0 fully saturated rings. The second-order valence-corrected chi connectivity index (χ2v) is 4.70. The van der Waals surface area contributed by atoms with Crippen molar-refractivity contribution in [3.63, 3.8) is 0 Å². The van der Waals surface area contributed by atoms with Crippen LogP contribution in [0.5, 0.6) is 0 Å². The highest BCUT2D eigenvalue weighted by atomic mass is 127. The van der Waals surface area contributed by atoms with E-state index in [4.69, 9.17) is 4.74 Å². The molecule has 1 atom stereocenters. The van der Waals surface area contributed by atoms with Crippen LogP contribution in [0, 0.1) is 0 Å². The summed E-state index contributed by atoms with van der Waals surface area (Å²) < 4.78 is 5.02. The van der Waals surface area contributed by atoms with Gasteiger partial charge in [0.05, 0.1) is 25.4 Å². The Hall–Kier alpha value is -0.410. The molecule has 0 amide bonds. The molecule has 1 aliphatic rings. The lowest BCUT2D eigenvalue weighted by Crippen LogP contribution is -2.37. The van der Waals surface area contributed by atoms with Gasteiger partial charge in [0.2, 0.25) is 0 Å². The predicted octanol–water partition coefficient (Wildman–Crippen LogP) is 1.34. The fraction of sp³-hybridized carbons (Fsp3) is 0.600. The van der Waals surface area contributed by atoms with E-state index in [1.165, 1.54) is 0 Å². The highest BCUT2D eigenvalue weighted by Gasteiger charge is 2.12. The van der Waals surface area contributed by atoms with E-state index in [0.717, 1.165) is 23.2 Å². The number of halogens is 1. The summed E-state index contributed by atoms with van der Waals surface area (Å²) in [6.45, 7) is 4.24. The quantitative estimate of drug-likeness (QED) is 0.788. The Labute approximate surface area is 122 Å². The maximum absolute atomic E-state index is 5.02. The zero-order valence-corrected chi connectivity index (χ0v) is 13.0. The first-order chi connectivity index (χ1) is 7.78. The van der Waals surface area contributed by atoms with Crippen molar-refractivity contribution >= 4 is 41.3 Å². The minimum atomic E-state index is 0. The van der Waals surface area contributed by atoms with Crippen molar-refractivity contribution in [2.24, 2.45) is 4.99 Å². The molecule has 0 radical (unpaired) electrons. The van der Waals surface area contributed by atoms with E-state index in [2.05, 4.69) is 27.5 Å². The molecule has 0 aliphatic carbocycles. The van der Waals surface area contributed by atoms with Gasteiger partial charge < -0.3 is 15.4 Å². The highest BCUT2D eigenvalue weighted by molar-refractivity contribution is 14.0. The van der Waals surface area contributed by atoms with E-state index in [0.29, 0.717) is 19.2 Å². The van der Waals surface area contributed by atoms with E-state index in [9.17, 15) is 0 Å². The summed E-state index contributed by atoms with van der Waals surface area (Å²) in [6, 6.07) is 0.432. The van der Waals surface area contributed by atoms with Crippen LogP contribution in [0.3, 0.4) is 0 Å². The lowest BCUT2D eigenvalue weighted by Gasteiger charge is -2.06. The Bertz CT molecular complexity index is 382. The molecule has 1 aromatic rings. The van der Waals surface area contributed by atoms with Gasteiger partial charge in [-0.15, -0.1) is 35.3 Å². The summed E-state index contributed by atoms with van der Waals surface area (Å²) in [7, 11) is 1.68. The van der Waals surface area contributed by atoms with E-state index in [1.807, 2.05) is 5.38 Å². The minimum absolute atomic E-state index is 0. The number of aromatic nitrogens is 1. The van der Waals surface area contributed by atoms with Crippen LogP contribution in [0.2, 0.25) is 0 Å². The molecule has 2 rings (SSSR count). The number of aliphatic imine (C=N–C) groups is 1. The molecular weight excluding hydrogens is 351 g/mol. The second-order valence-electron chi connectivity index (χ2n) is 3.75. The van der Waals surface area contributed by atoms with Crippen LogP contribution in [0.1, 0.15) is 17.6 Å². The maximum atomic E-state index is 5.02. The molecule has 17 heavy (non-hydrogen) atoms. The summed E-state index contributed by atoms with van der Waals surface area (Å²) in [4.78, 5) is 8.75. The third kappa shape index (κ3) is 4.40. The predicted molar refractivity (Wildman–Crippen MR) is 80.0 cm³/mol. The third-order valence-corrected chi connectivity index (χ3v) is 3.08. The summed E-state index contributed by atoms with van der Waals surface area (Å²) in [5.41, 5.74) is 1.03. The van der Waals surface area contributed by atoms with Gasteiger partial charge >= 0.3 is 0 Å². The van der Waals surface area contributed by atoms with Crippen molar-refractivity contribution in [1.82, 2.24) is 15.6 Å². The Kier molecular flexibility index (Phi) is 6.14. The number of nitrogens with one attached hydrogen (secondary N) is 2. The van der Waals surface area contributed by atoms with Crippen molar-refractivity contribution in [2.75, 3.05) is 13.7 Å². The first-order valence-electron chi connectivity index (χ1n) is 5.25. The fourth-order valence-electron chi connectivity index (χ4n) is 1.45. The highest BCUT2D eigenvalue weighted by Crippen LogP contribution is 2.10. The van der Waals surface area contributed by atoms with Crippen LogP contribution in [-0.4, -0.2) is 30.6 Å². The molecule has 2 heterocycles. The lowest BCUT2D eigenvalue weighted by atomic mass is 10.4. The summed E-state index contributed by atoms with van der Waals surface area (Å²) >= 11 is 1.62. The normalized spacial score (nSPS) is 18.2. The number of thiazole rings is 1. The SMILES string of the molecule is COCc1nc(CNC2=NCC(C)N2)cs1.I. The fourth-order valence-corrected chi connectivity index (χ4v) is 2.22. The molecule has 2 N–H and O–H groups in total. The van der Waals surface area contributed by atoms with Crippen LogP contribution >= 0.6 is 35.3 Å². The van der Waals surface area contributed by atoms with Crippen molar-refractivity contribution < 1.29 is 4.74 Å². The Balaban J connectivity index is 0.00000144. The molecular formula is C10H17IN4OS. The van der Waals surface area contributed by atoms with Crippen LogP contribution in [-0.2, 0) is 17.9 Å². The molecule has 0 saturated heterocycles. The molecule has 7 heteroatoms. The largest absolute Gasteiger partial charge is 0.378 e. The van der Waals surface area contributed by atoms with E-state index in [1.54, 1.807) is 18.4 Å². The average Bonchev–Trinajstić information content (AvgIpc) is 2.85. The first kappa shape index (κ1) is 14.7. The van der Waals surface area contributed by atoms with E-state index in [-0.39, 0.29) is 24.0 Å².